The lowest BCUT2D eigenvalue weighted by Gasteiger charge is -2.36. The Balaban J connectivity index is 1.64. The molecule has 10 nitrogen and oxygen atoms in total. The molecule has 0 aromatic heterocycles. The highest BCUT2D eigenvalue weighted by Gasteiger charge is 2.27. The summed E-state index contributed by atoms with van der Waals surface area (Å²) >= 11 is 0. The maximum Gasteiger partial charge on any atom is 0.288 e. The number of sulfone groups is 1. The molecule has 0 unspecified atom stereocenters. The van der Waals surface area contributed by atoms with E-state index < -0.39 is 31.3 Å². The Morgan fingerprint density at radius 2 is 1.69 bits per heavy atom. The summed E-state index contributed by atoms with van der Waals surface area (Å²) < 4.78 is 23.5. The van der Waals surface area contributed by atoms with Crippen molar-refractivity contribution >= 4 is 33.0 Å². The number of carbonyl (C=O) groups excluding carboxylic acids is 2. The van der Waals surface area contributed by atoms with Gasteiger partial charge in [-0.2, -0.15) is 0 Å². The van der Waals surface area contributed by atoms with Crippen LogP contribution in [0.5, 0.6) is 0 Å². The van der Waals surface area contributed by atoms with E-state index in [9.17, 15) is 28.1 Å². The molecular weight excluding hydrogens is 436 g/mol. The van der Waals surface area contributed by atoms with Gasteiger partial charge >= 0.3 is 0 Å². The summed E-state index contributed by atoms with van der Waals surface area (Å²) in [6.07, 6.45) is 0.860. The first-order chi connectivity index (χ1) is 15.1. The van der Waals surface area contributed by atoms with Crippen molar-refractivity contribution in [3.05, 3.63) is 64.2 Å². The summed E-state index contributed by atoms with van der Waals surface area (Å²) in [5.74, 6) is -0.833. The van der Waals surface area contributed by atoms with E-state index >= 15 is 0 Å². The lowest BCUT2D eigenvalue weighted by Crippen LogP contribution is -2.51. The average Bonchev–Trinajstić information content (AvgIpc) is 2.78. The number of benzene rings is 2. The normalized spacial score (nSPS) is 14.2. The van der Waals surface area contributed by atoms with Crippen LogP contribution < -0.4 is 4.90 Å². The van der Waals surface area contributed by atoms with Crippen LogP contribution >= 0.6 is 0 Å². The van der Waals surface area contributed by atoms with Gasteiger partial charge in [-0.15, -0.1) is 0 Å². The quantitative estimate of drug-likeness (QED) is 0.472. The van der Waals surface area contributed by atoms with Gasteiger partial charge in [0.05, 0.1) is 11.5 Å². The Bertz CT molecular complexity index is 1130. The van der Waals surface area contributed by atoms with Gasteiger partial charge in [-0.3, -0.25) is 19.7 Å². The molecule has 2 aromatic rings. The van der Waals surface area contributed by atoms with Gasteiger partial charge in [-0.1, -0.05) is 18.2 Å². The van der Waals surface area contributed by atoms with Crippen molar-refractivity contribution in [1.29, 1.82) is 0 Å². The molecular formula is C21H24N4O6S. The van der Waals surface area contributed by atoms with Crippen LogP contribution in [0, 0.1) is 10.1 Å². The summed E-state index contributed by atoms with van der Waals surface area (Å²) in [4.78, 5) is 40.4. The molecule has 32 heavy (non-hydrogen) atoms. The monoisotopic (exact) mass is 460 g/mol. The predicted octanol–water partition coefficient (Wildman–Crippen LogP) is 1.42. The first-order valence-electron chi connectivity index (χ1n) is 9.89. The largest absolute Gasteiger partial charge is 0.368 e. The highest BCUT2D eigenvalue weighted by molar-refractivity contribution is 7.90. The lowest BCUT2D eigenvalue weighted by atomic mass is 10.1. The summed E-state index contributed by atoms with van der Waals surface area (Å²) in [5.41, 5.74) is 0.356. The molecule has 0 atom stereocenters. The maximum absolute atomic E-state index is 12.7. The van der Waals surface area contributed by atoms with Crippen molar-refractivity contribution in [1.82, 2.24) is 9.80 Å². The molecule has 0 bridgehead atoms. The molecule has 2 amide bonds. The van der Waals surface area contributed by atoms with Crippen LogP contribution in [0.25, 0.3) is 0 Å². The third-order valence-corrected chi connectivity index (χ3v) is 6.42. The number of hydrogen-bond donors (Lipinski definition) is 0. The number of hydrogen-bond acceptors (Lipinski definition) is 7. The van der Waals surface area contributed by atoms with Crippen molar-refractivity contribution in [2.24, 2.45) is 0 Å². The zero-order valence-electron chi connectivity index (χ0n) is 17.8. The number of nitrogens with zero attached hydrogens (tertiary/aromatic N) is 4. The fraction of sp³-hybridized carbons (Fsp3) is 0.333. The average molecular weight is 461 g/mol. The van der Waals surface area contributed by atoms with E-state index in [2.05, 4.69) is 4.90 Å². The smallest absolute Gasteiger partial charge is 0.288 e. The van der Waals surface area contributed by atoms with Crippen molar-refractivity contribution in [3.8, 4) is 0 Å². The Labute approximate surface area is 186 Å². The molecule has 0 saturated carbocycles. The van der Waals surface area contributed by atoms with Crippen LogP contribution in [0.15, 0.2) is 53.4 Å². The summed E-state index contributed by atoms with van der Waals surface area (Å²) in [7, 11) is -2.40. The summed E-state index contributed by atoms with van der Waals surface area (Å²) in [6.45, 7) is 2.19. The standard InChI is InChI=1S/C21H24N4O6S/c1-22(21(27)16-8-9-19(32(2,30)31)18(14-16)25(28)29)15-20(26)24-12-10-23(11-13-24)17-6-4-3-5-7-17/h3-9,14H,10-13,15H2,1-2H3. The van der Waals surface area contributed by atoms with Crippen LogP contribution in [-0.2, 0) is 14.6 Å². The number of anilines is 1. The molecule has 3 rings (SSSR count). The van der Waals surface area contributed by atoms with E-state index in [1.54, 1.807) is 4.90 Å². The minimum Gasteiger partial charge on any atom is -0.368 e. The van der Waals surface area contributed by atoms with Gasteiger partial charge in [0.25, 0.3) is 11.6 Å². The van der Waals surface area contributed by atoms with Gasteiger partial charge in [0.15, 0.2) is 9.84 Å². The number of nitro benzene ring substituents is 1. The van der Waals surface area contributed by atoms with Gasteiger partial charge in [0, 0.05) is 56.8 Å². The van der Waals surface area contributed by atoms with Gasteiger partial charge < -0.3 is 14.7 Å². The Kier molecular flexibility index (Phi) is 6.78. The molecule has 1 aliphatic heterocycles. The minimum absolute atomic E-state index is 0.0618. The molecule has 0 spiro atoms. The molecule has 0 N–H and O–H groups in total. The van der Waals surface area contributed by atoms with E-state index in [0.29, 0.717) is 26.2 Å². The Morgan fingerprint density at radius 3 is 2.25 bits per heavy atom. The number of likely N-dealkylation sites (N-methyl/N-ethyl adjacent to an activating group) is 1. The molecule has 2 aromatic carbocycles. The van der Waals surface area contributed by atoms with E-state index in [4.69, 9.17) is 0 Å². The fourth-order valence-electron chi connectivity index (χ4n) is 3.55. The topological polar surface area (TPSA) is 121 Å². The van der Waals surface area contributed by atoms with Crippen LogP contribution in [0.4, 0.5) is 11.4 Å². The van der Waals surface area contributed by atoms with Crippen LogP contribution in [0.2, 0.25) is 0 Å². The number of carbonyl (C=O) groups is 2. The van der Waals surface area contributed by atoms with Gasteiger partial charge in [-0.05, 0) is 24.3 Å². The van der Waals surface area contributed by atoms with Crippen molar-refractivity contribution in [2.75, 3.05) is 50.9 Å². The van der Waals surface area contributed by atoms with Crippen LogP contribution in [0.1, 0.15) is 10.4 Å². The van der Waals surface area contributed by atoms with E-state index in [1.807, 2.05) is 30.3 Å². The van der Waals surface area contributed by atoms with E-state index in [1.165, 1.54) is 18.0 Å². The van der Waals surface area contributed by atoms with Crippen molar-refractivity contribution < 1.29 is 22.9 Å². The summed E-state index contributed by atoms with van der Waals surface area (Å²) in [6, 6.07) is 13.1. The third-order valence-electron chi connectivity index (χ3n) is 5.27. The Hall–Kier alpha value is -3.47. The zero-order chi connectivity index (χ0) is 23.5. The number of para-hydroxylation sites is 1. The molecule has 1 aliphatic rings. The van der Waals surface area contributed by atoms with Crippen molar-refractivity contribution in [2.45, 2.75) is 4.90 Å². The van der Waals surface area contributed by atoms with Gasteiger partial charge in [-0.25, -0.2) is 8.42 Å². The molecule has 1 fully saturated rings. The highest BCUT2D eigenvalue weighted by atomic mass is 32.2. The van der Waals surface area contributed by atoms with Crippen LogP contribution in [0.3, 0.4) is 0 Å². The number of nitro groups is 1. The summed E-state index contributed by atoms with van der Waals surface area (Å²) in [5, 5.41) is 11.3. The molecule has 1 saturated heterocycles. The Morgan fingerprint density at radius 1 is 1.06 bits per heavy atom. The first-order valence-corrected chi connectivity index (χ1v) is 11.8. The molecule has 0 aliphatic carbocycles. The van der Waals surface area contributed by atoms with Crippen molar-refractivity contribution in [3.63, 3.8) is 0 Å². The minimum atomic E-state index is -3.83. The van der Waals surface area contributed by atoms with E-state index in [0.717, 1.165) is 24.1 Å². The number of piperazine rings is 1. The predicted molar refractivity (Wildman–Crippen MR) is 118 cm³/mol. The third kappa shape index (κ3) is 5.22. The second kappa shape index (κ2) is 9.35. The highest BCUT2D eigenvalue weighted by Crippen LogP contribution is 2.25. The number of rotatable bonds is 6. The molecule has 170 valence electrons. The number of amides is 2. The van der Waals surface area contributed by atoms with Gasteiger partial charge in [0.1, 0.15) is 4.90 Å². The lowest BCUT2D eigenvalue weighted by molar-refractivity contribution is -0.387. The molecule has 11 heteroatoms. The van der Waals surface area contributed by atoms with E-state index in [-0.39, 0.29) is 18.0 Å². The zero-order valence-corrected chi connectivity index (χ0v) is 18.6. The SMILES string of the molecule is CN(CC(=O)N1CCN(c2ccccc2)CC1)C(=O)c1ccc(S(C)(=O)=O)c([N+](=O)[O-])c1. The second-order valence-corrected chi connectivity index (χ2v) is 9.56. The fourth-order valence-corrected chi connectivity index (χ4v) is 4.38. The second-order valence-electron chi connectivity index (χ2n) is 7.58. The molecule has 0 radical (unpaired) electrons. The van der Waals surface area contributed by atoms with Crippen LogP contribution in [-0.4, -0.2) is 81.0 Å². The maximum atomic E-state index is 12.7. The first kappa shape index (κ1) is 23.2. The molecule has 1 heterocycles. The van der Waals surface area contributed by atoms with Gasteiger partial charge in [0.2, 0.25) is 5.91 Å².